The summed E-state index contributed by atoms with van der Waals surface area (Å²) in [6, 6.07) is 6.68. The lowest BCUT2D eigenvalue weighted by atomic mass is 10.1. The maximum absolute atomic E-state index is 12.0. The molecule has 0 aliphatic rings. The van der Waals surface area contributed by atoms with Crippen molar-refractivity contribution in [2.45, 2.75) is 32.1 Å². The molecule has 0 amide bonds. The van der Waals surface area contributed by atoms with E-state index in [4.69, 9.17) is 26.8 Å². The van der Waals surface area contributed by atoms with E-state index in [-0.39, 0.29) is 23.7 Å². The van der Waals surface area contributed by atoms with E-state index in [1.807, 2.05) is 6.07 Å². The van der Waals surface area contributed by atoms with Crippen LogP contribution in [0.3, 0.4) is 0 Å². The molecule has 5 N–H and O–H groups in total. The van der Waals surface area contributed by atoms with Gasteiger partial charge in [-0.2, -0.15) is 18.4 Å². The van der Waals surface area contributed by atoms with E-state index < -0.39 is 10.3 Å². The molecule has 0 fully saturated rings. The molecule has 1 aromatic carbocycles. The molecule has 0 aromatic heterocycles. The molecule has 1 rings (SSSR count). The van der Waals surface area contributed by atoms with Crippen molar-refractivity contribution in [3.63, 3.8) is 0 Å². The van der Waals surface area contributed by atoms with Gasteiger partial charge in [0, 0.05) is 6.54 Å². The van der Waals surface area contributed by atoms with Gasteiger partial charge in [0.2, 0.25) is 0 Å². The van der Waals surface area contributed by atoms with Crippen LogP contribution in [0.1, 0.15) is 31.2 Å². The number of nitriles is 1. The Kier molecular flexibility index (Phi) is 12.8. The number of unbranched alkanes of at least 4 members (excludes halogenated alkanes) is 1. The normalized spacial score (nSPS) is 11.3. The lowest BCUT2D eigenvalue weighted by Gasteiger charge is -2.11. The first kappa shape index (κ1) is 24.6. The smallest absolute Gasteiger partial charge is 0.369 e. The van der Waals surface area contributed by atoms with Gasteiger partial charge < -0.3 is 20.6 Å². The van der Waals surface area contributed by atoms with Crippen LogP contribution in [-0.2, 0) is 16.7 Å². The highest BCUT2D eigenvalue weighted by molar-refractivity contribution is 7.85. The fraction of sp³-hybridized carbons (Fsp3) is 0.611. The number of benzene rings is 1. The number of nitrogens with one attached hydrogen (secondary N) is 3. The van der Waals surface area contributed by atoms with E-state index in [9.17, 15) is 8.42 Å². The predicted molar refractivity (Wildman–Crippen MR) is 112 cm³/mol. The minimum atomic E-state index is -3.96. The molecule has 28 heavy (non-hydrogen) atoms. The first-order valence-corrected chi connectivity index (χ1v) is 11.2. The highest BCUT2D eigenvalue weighted by Crippen LogP contribution is 2.29. The van der Waals surface area contributed by atoms with E-state index in [0.29, 0.717) is 25.1 Å². The Balaban J connectivity index is 2.17. The first-order valence-electron chi connectivity index (χ1n) is 9.45. The van der Waals surface area contributed by atoms with Crippen molar-refractivity contribution in [3.8, 4) is 11.8 Å². The van der Waals surface area contributed by atoms with Crippen LogP contribution in [0.2, 0.25) is 5.02 Å². The summed E-state index contributed by atoms with van der Waals surface area (Å²) < 4.78 is 31.4. The van der Waals surface area contributed by atoms with E-state index in [1.165, 1.54) is 6.07 Å². The zero-order valence-electron chi connectivity index (χ0n) is 16.0. The van der Waals surface area contributed by atoms with Gasteiger partial charge in [0.25, 0.3) is 0 Å². The average molecular weight is 432 g/mol. The third kappa shape index (κ3) is 10.8. The van der Waals surface area contributed by atoms with Gasteiger partial charge >= 0.3 is 10.3 Å². The monoisotopic (exact) mass is 431 g/mol. The van der Waals surface area contributed by atoms with Crippen LogP contribution >= 0.6 is 11.6 Å². The summed E-state index contributed by atoms with van der Waals surface area (Å²) in [7, 11) is -3.96. The van der Waals surface area contributed by atoms with E-state index in [2.05, 4.69) is 15.4 Å². The number of hydrogen-bond acceptors (Lipinski definition) is 7. The second-order valence-corrected chi connectivity index (χ2v) is 7.94. The molecule has 1 aromatic rings. The molecule has 0 heterocycles. The Hall–Kier alpha value is -1.41. The number of nitrogens with zero attached hydrogens (tertiary/aromatic N) is 1. The van der Waals surface area contributed by atoms with E-state index >= 15 is 0 Å². The Morgan fingerprint density at radius 1 is 1.04 bits per heavy atom. The quantitative estimate of drug-likeness (QED) is 0.290. The van der Waals surface area contributed by atoms with Crippen molar-refractivity contribution in [3.05, 3.63) is 28.8 Å². The minimum Gasteiger partial charge on any atom is -0.369 e. The van der Waals surface area contributed by atoms with Gasteiger partial charge in [-0.25, -0.2) is 0 Å². The van der Waals surface area contributed by atoms with Gasteiger partial charge in [-0.05, 0) is 70.0 Å². The molecule has 0 bridgehead atoms. The van der Waals surface area contributed by atoms with Crippen molar-refractivity contribution >= 4 is 21.9 Å². The molecule has 0 spiro atoms. The van der Waals surface area contributed by atoms with Gasteiger partial charge in [-0.3, -0.25) is 0 Å². The van der Waals surface area contributed by atoms with Crippen molar-refractivity contribution < 1.29 is 12.6 Å². The third-order valence-electron chi connectivity index (χ3n) is 3.84. The third-order valence-corrected chi connectivity index (χ3v) is 5.22. The Morgan fingerprint density at radius 3 is 2.32 bits per heavy atom. The molecule has 0 unspecified atom stereocenters. The molecule has 0 aliphatic carbocycles. The van der Waals surface area contributed by atoms with Crippen LogP contribution in [0.25, 0.3) is 0 Å². The maximum Gasteiger partial charge on any atom is 0.382 e. The lowest BCUT2D eigenvalue weighted by molar-refractivity contribution is 0.469. The highest BCUT2D eigenvalue weighted by Gasteiger charge is 2.15. The molecule has 8 nitrogen and oxygen atoms in total. The number of halogens is 1. The maximum atomic E-state index is 12.0. The van der Waals surface area contributed by atoms with Crippen LogP contribution in [0.15, 0.2) is 18.2 Å². The fourth-order valence-corrected chi connectivity index (χ4v) is 3.48. The van der Waals surface area contributed by atoms with E-state index in [0.717, 1.165) is 38.9 Å². The summed E-state index contributed by atoms with van der Waals surface area (Å²) in [5, 5.41) is 15.5. The summed E-state index contributed by atoms with van der Waals surface area (Å²) in [6.07, 6.45) is 3.86. The lowest BCUT2D eigenvalue weighted by Crippen LogP contribution is -2.31. The van der Waals surface area contributed by atoms with Crippen molar-refractivity contribution in [2.75, 3.05) is 39.3 Å². The van der Waals surface area contributed by atoms with Gasteiger partial charge in [0.15, 0.2) is 5.75 Å². The molecule has 0 aliphatic heterocycles. The second kappa shape index (κ2) is 14.6. The highest BCUT2D eigenvalue weighted by atomic mass is 35.5. The SMILES string of the molecule is N#CCc1cccc(OS(=O)(=O)NCCCNCCCCNCCCN)c1Cl. The number of hydrogen-bond donors (Lipinski definition) is 4. The second-order valence-electron chi connectivity index (χ2n) is 6.20. The summed E-state index contributed by atoms with van der Waals surface area (Å²) in [6.45, 7) is 4.51. The zero-order chi connectivity index (χ0) is 20.7. The number of nitrogens with two attached hydrogens (primary N) is 1. The summed E-state index contributed by atoms with van der Waals surface area (Å²) in [5.74, 6) is 0.0140. The van der Waals surface area contributed by atoms with Crippen LogP contribution in [0.5, 0.6) is 5.75 Å². The molecular formula is C18H30ClN5O3S. The minimum absolute atomic E-state index is 0.0140. The van der Waals surface area contributed by atoms with E-state index in [1.54, 1.807) is 12.1 Å². The fourth-order valence-electron chi connectivity index (χ4n) is 2.38. The summed E-state index contributed by atoms with van der Waals surface area (Å²) >= 11 is 6.08. The van der Waals surface area contributed by atoms with Gasteiger partial charge in [0.05, 0.1) is 17.5 Å². The largest absolute Gasteiger partial charge is 0.382 e. The van der Waals surface area contributed by atoms with Gasteiger partial charge in [-0.1, -0.05) is 23.7 Å². The topological polar surface area (TPSA) is 129 Å². The van der Waals surface area contributed by atoms with Crippen LogP contribution in [0, 0.1) is 11.3 Å². The van der Waals surface area contributed by atoms with Crippen molar-refractivity contribution in [2.24, 2.45) is 5.73 Å². The van der Waals surface area contributed by atoms with Gasteiger partial charge in [0.1, 0.15) is 0 Å². The molecule has 0 radical (unpaired) electrons. The summed E-state index contributed by atoms with van der Waals surface area (Å²) in [5.41, 5.74) is 5.94. The Bertz CT molecular complexity index is 710. The zero-order valence-corrected chi connectivity index (χ0v) is 17.6. The molecular weight excluding hydrogens is 402 g/mol. The first-order chi connectivity index (χ1) is 13.5. The van der Waals surface area contributed by atoms with Gasteiger partial charge in [-0.15, -0.1) is 0 Å². The average Bonchev–Trinajstić information content (AvgIpc) is 2.66. The molecule has 0 saturated heterocycles. The van der Waals surface area contributed by atoms with Crippen LogP contribution < -0.4 is 25.3 Å². The molecule has 0 atom stereocenters. The van der Waals surface area contributed by atoms with Crippen LogP contribution in [-0.4, -0.2) is 47.7 Å². The molecule has 158 valence electrons. The standard InChI is InChI=1S/C18H30ClN5O3S/c19-18-16(8-10-21)6-3-7-17(18)27-28(25,26)24-15-5-14-23-12-2-1-11-22-13-4-9-20/h3,6-7,22-24H,1-2,4-5,8-9,11-15,20H2. The number of rotatable bonds is 16. The Labute approximate surface area is 173 Å². The van der Waals surface area contributed by atoms with Crippen LogP contribution in [0.4, 0.5) is 0 Å². The molecule has 0 saturated carbocycles. The Morgan fingerprint density at radius 2 is 1.68 bits per heavy atom. The van der Waals surface area contributed by atoms with Crippen molar-refractivity contribution in [1.29, 1.82) is 5.26 Å². The predicted octanol–water partition coefficient (Wildman–Crippen LogP) is 1.32. The summed E-state index contributed by atoms with van der Waals surface area (Å²) in [4.78, 5) is 0. The molecule has 10 heteroatoms. The van der Waals surface area contributed by atoms with Crippen molar-refractivity contribution in [1.82, 2.24) is 15.4 Å².